The molecule has 0 radical (unpaired) electrons. The van der Waals surface area contributed by atoms with Gasteiger partial charge in [0.1, 0.15) is 29.0 Å². The molecule has 2 atom stereocenters. The number of carbonyl (C=O) groups excluding carboxylic acids is 1. The van der Waals surface area contributed by atoms with Crippen molar-refractivity contribution in [3.8, 4) is 11.5 Å². The number of cyclic esters (lactones) is 1. The highest BCUT2D eigenvalue weighted by Gasteiger charge is 2.50. The average Bonchev–Trinajstić information content (AvgIpc) is 3.15. The Balaban J connectivity index is 1.35. The van der Waals surface area contributed by atoms with Crippen molar-refractivity contribution in [2.75, 3.05) is 10.2 Å². The third-order valence-corrected chi connectivity index (χ3v) is 6.13. The van der Waals surface area contributed by atoms with E-state index in [2.05, 4.69) is 20.3 Å². The van der Waals surface area contributed by atoms with Gasteiger partial charge in [-0.3, -0.25) is 4.98 Å². The van der Waals surface area contributed by atoms with Gasteiger partial charge in [0.15, 0.2) is 11.6 Å². The summed E-state index contributed by atoms with van der Waals surface area (Å²) in [5, 5.41) is 3.10. The lowest BCUT2D eigenvalue weighted by molar-refractivity contribution is 0.0685. The molecule has 194 valence electrons. The maximum Gasteiger partial charge on any atom is 0.416 e. The molecule has 4 aromatic rings. The fourth-order valence-corrected chi connectivity index (χ4v) is 4.35. The summed E-state index contributed by atoms with van der Waals surface area (Å²) in [6, 6.07) is 17.5. The highest BCUT2D eigenvalue weighted by atomic mass is 19.1. The third kappa shape index (κ3) is 5.10. The Morgan fingerprint density at radius 1 is 0.974 bits per heavy atom. The molecule has 0 unspecified atom stereocenters. The van der Waals surface area contributed by atoms with Crippen molar-refractivity contribution < 1.29 is 23.0 Å². The summed E-state index contributed by atoms with van der Waals surface area (Å²) in [6.07, 6.45) is 1.87. The molecule has 1 saturated heterocycles. The van der Waals surface area contributed by atoms with Crippen molar-refractivity contribution in [3.63, 3.8) is 0 Å². The molecule has 1 amide bonds. The molecule has 0 spiro atoms. The summed E-state index contributed by atoms with van der Waals surface area (Å²) in [4.78, 5) is 26.9. The van der Waals surface area contributed by atoms with Crippen molar-refractivity contribution in [1.82, 2.24) is 15.0 Å². The Bertz CT molecular complexity index is 1430. The molecule has 0 bridgehead atoms. The zero-order chi connectivity index (χ0) is 26.9. The molecule has 0 saturated carbocycles. The standard InChI is InChI=1S/C28H25F2N5O3/c1-17(23-14-13-21(15-31-23)37-20-11-9-19(29)10-12-20)33-26-32-16-22(30)25(34-26)35-24(18-7-5-4-6-8-18)28(2,3)38-27(35)36/h4-17,24H,1-3H3,(H,32,33,34)/t17-,24+/m0/s1. The molecule has 5 rings (SSSR count). The Kier molecular flexibility index (Phi) is 6.62. The van der Waals surface area contributed by atoms with Crippen LogP contribution < -0.4 is 15.0 Å². The van der Waals surface area contributed by atoms with Gasteiger partial charge in [-0.1, -0.05) is 30.3 Å². The molecule has 2 aromatic carbocycles. The van der Waals surface area contributed by atoms with Crippen molar-refractivity contribution in [2.45, 2.75) is 38.5 Å². The minimum atomic E-state index is -0.918. The maximum atomic E-state index is 15.0. The number of ether oxygens (including phenoxy) is 2. The van der Waals surface area contributed by atoms with Crippen LogP contribution in [0, 0.1) is 11.6 Å². The van der Waals surface area contributed by atoms with Crippen molar-refractivity contribution >= 4 is 17.9 Å². The van der Waals surface area contributed by atoms with Crippen LogP contribution in [0.5, 0.6) is 11.5 Å². The smallest absolute Gasteiger partial charge is 0.416 e. The second kappa shape index (κ2) is 10.0. The number of pyridine rings is 1. The van der Waals surface area contributed by atoms with E-state index in [0.29, 0.717) is 17.2 Å². The first-order valence-electron chi connectivity index (χ1n) is 12.0. The molecule has 2 aromatic heterocycles. The number of carbonyl (C=O) groups is 1. The van der Waals surface area contributed by atoms with Crippen LogP contribution in [-0.4, -0.2) is 26.6 Å². The van der Waals surface area contributed by atoms with Gasteiger partial charge in [-0.05, 0) is 62.7 Å². The summed E-state index contributed by atoms with van der Waals surface area (Å²) in [7, 11) is 0. The molecule has 10 heteroatoms. The maximum absolute atomic E-state index is 15.0. The predicted octanol–water partition coefficient (Wildman–Crippen LogP) is 6.59. The van der Waals surface area contributed by atoms with Gasteiger partial charge >= 0.3 is 6.09 Å². The van der Waals surface area contributed by atoms with Crippen LogP contribution in [0.25, 0.3) is 0 Å². The van der Waals surface area contributed by atoms with E-state index < -0.39 is 23.6 Å². The second-order valence-electron chi connectivity index (χ2n) is 9.36. The fourth-order valence-electron chi connectivity index (χ4n) is 4.35. The predicted molar refractivity (Wildman–Crippen MR) is 137 cm³/mol. The monoisotopic (exact) mass is 517 g/mol. The largest absolute Gasteiger partial charge is 0.456 e. The SMILES string of the molecule is C[C@H](Nc1ncc(F)c(N2C(=O)OC(C)(C)[C@H]2c2ccccc2)n1)c1ccc(Oc2ccc(F)cc2)cn1. The normalized spacial score (nSPS) is 17.1. The van der Waals surface area contributed by atoms with E-state index in [0.717, 1.165) is 11.8 Å². The van der Waals surface area contributed by atoms with E-state index in [9.17, 15) is 13.6 Å². The lowest BCUT2D eigenvalue weighted by atomic mass is 9.91. The van der Waals surface area contributed by atoms with Crippen LogP contribution in [0.4, 0.5) is 25.3 Å². The van der Waals surface area contributed by atoms with Gasteiger partial charge < -0.3 is 14.8 Å². The van der Waals surface area contributed by atoms with Gasteiger partial charge in [0.05, 0.1) is 24.1 Å². The Morgan fingerprint density at radius 3 is 2.37 bits per heavy atom. The van der Waals surface area contributed by atoms with Gasteiger partial charge in [-0.2, -0.15) is 4.98 Å². The zero-order valence-electron chi connectivity index (χ0n) is 20.9. The van der Waals surface area contributed by atoms with Crippen molar-refractivity contribution in [1.29, 1.82) is 0 Å². The first-order valence-corrected chi connectivity index (χ1v) is 12.0. The Morgan fingerprint density at radius 2 is 1.68 bits per heavy atom. The molecule has 1 fully saturated rings. The summed E-state index contributed by atoms with van der Waals surface area (Å²) in [6.45, 7) is 5.39. The van der Waals surface area contributed by atoms with E-state index >= 15 is 0 Å². The zero-order valence-corrected chi connectivity index (χ0v) is 20.9. The topological polar surface area (TPSA) is 89.5 Å². The first kappa shape index (κ1) is 25.1. The number of amides is 1. The molecular formula is C28H25F2N5O3. The van der Waals surface area contributed by atoms with Gasteiger partial charge in [-0.15, -0.1) is 0 Å². The minimum absolute atomic E-state index is 0.117. The van der Waals surface area contributed by atoms with Crippen LogP contribution >= 0.6 is 0 Å². The van der Waals surface area contributed by atoms with Gasteiger partial charge in [0, 0.05) is 0 Å². The molecule has 1 aliphatic heterocycles. The average molecular weight is 518 g/mol. The van der Waals surface area contributed by atoms with E-state index in [1.807, 2.05) is 37.3 Å². The third-order valence-electron chi connectivity index (χ3n) is 6.13. The highest BCUT2D eigenvalue weighted by molar-refractivity contribution is 5.90. The van der Waals surface area contributed by atoms with Gasteiger partial charge in [-0.25, -0.2) is 23.5 Å². The summed E-state index contributed by atoms with van der Waals surface area (Å²) in [5.74, 6) is -0.203. The number of aromatic nitrogens is 3. The first-order chi connectivity index (χ1) is 18.2. The van der Waals surface area contributed by atoms with Crippen LogP contribution in [0.15, 0.2) is 79.1 Å². The molecular weight excluding hydrogens is 492 g/mol. The number of benzene rings is 2. The summed E-state index contributed by atoms with van der Waals surface area (Å²) >= 11 is 0. The molecule has 1 N–H and O–H groups in total. The van der Waals surface area contributed by atoms with Crippen LogP contribution in [0.3, 0.4) is 0 Å². The second-order valence-corrected chi connectivity index (χ2v) is 9.36. The van der Waals surface area contributed by atoms with Gasteiger partial charge in [0.2, 0.25) is 5.95 Å². The van der Waals surface area contributed by atoms with E-state index in [1.165, 1.54) is 29.2 Å². The Hall–Kier alpha value is -4.60. The molecule has 0 aliphatic carbocycles. The summed E-state index contributed by atoms with van der Waals surface area (Å²) < 4.78 is 39.4. The number of anilines is 2. The van der Waals surface area contributed by atoms with E-state index in [1.54, 1.807) is 32.2 Å². The van der Waals surface area contributed by atoms with Crippen molar-refractivity contribution in [3.05, 3.63) is 102 Å². The number of nitrogens with one attached hydrogen (secondary N) is 1. The molecule has 8 nitrogen and oxygen atoms in total. The Labute approximate surface area is 218 Å². The molecule has 1 aliphatic rings. The molecule has 3 heterocycles. The van der Waals surface area contributed by atoms with Crippen LogP contribution in [0.1, 0.15) is 44.1 Å². The number of rotatable bonds is 7. The van der Waals surface area contributed by atoms with Crippen LogP contribution in [-0.2, 0) is 4.74 Å². The highest BCUT2D eigenvalue weighted by Crippen LogP contribution is 2.43. The van der Waals surface area contributed by atoms with Crippen LogP contribution in [0.2, 0.25) is 0 Å². The lowest BCUT2D eigenvalue weighted by Gasteiger charge is -2.29. The number of nitrogens with zero attached hydrogens (tertiary/aromatic N) is 4. The number of hydrogen-bond acceptors (Lipinski definition) is 7. The quantitative estimate of drug-likeness (QED) is 0.296. The van der Waals surface area contributed by atoms with Crippen molar-refractivity contribution in [2.24, 2.45) is 0 Å². The molecule has 38 heavy (non-hydrogen) atoms. The number of halogens is 2. The minimum Gasteiger partial charge on any atom is -0.456 e. The van der Waals surface area contributed by atoms with E-state index in [4.69, 9.17) is 9.47 Å². The summed E-state index contributed by atoms with van der Waals surface area (Å²) in [5.41, 5.74) is 0.518. The number of hydrogen-bond donors (Lipinski definition) is 1. The fraction of sp³-hybridized carbons (Fsp3) is 0.214. The van der Waals surface area contributed by atoms with Gasteiger partial charge in [0.25, 0.3) is 0 Å². The van der Waals surface area contributed by atoms with E-state index in [-0.39, 0.29) is 23.6 Å². The lowest BCUT2D eigenvalue weighted by Crippen LogP contribution is -2.35.